The van der Waals surface area contributed by atoms with Gasteiger partial charge in [0.15, 0.2) is 0 Å². The first kappa shape index (κ1) is 9.32. The van der Waals surface area contributed by atoms with Crippen LogP contribution in [0.3, 0.4) is 0 Å². The van der Waals surface area contributed by atoms with E-state index >= 15 is 0 Å². The van der Waals surface area contributed by atoms with Gasteiger partial charge < -0.3 is 9.42 Å². The van der Waals surface area contributed by atoms with Crippen molar-refractivity contribution in [2.45, 2.75) is 19.2 Å². The van der Waals surface area contributed by atoms with Crippen molar-refractivity contribution < 1.29 is 4.52 Å². The SMILES string of the molecule is CCN(C)c1noc(C(C)Cl)n1. The summed E-state index contributed by atoms with van der Waals surface area (Å²) in [5.74, 6) is 1.05. The molecule has 0 bridgehead atoms. The van der Waals surface area contributed by atoms with Crippen LogP contribution in [0, 0.1) is 0 Å². The molecule has 0 aliphatic rings. The molecule has 0 radical (unpaired) electrons. The van der Waals surface area contributed by atoms with Crippen molar-refractivity contribution in [1.29, 1.82) is 0 Å². The average Bonchev–Trinajstić information content (AvgIpc) is 2.51. The summed E-state index contributed by atoms with van der Waals surface area (Å²) >= 11 is 5.75. The molecule has 68 valence electrons. The van der Waals surface area contributed by atoms with Gasteiger partial charge in [-0.1, -0.05) is 0 Å². The molecule has 0 saturated heterocycles. The van der Waals surface area contributed by atoms with Crippen LogP contribution in [0.25, 0.3) is 0 Å². The Morgan fingerprint density at radius 1 is 1.67 bits per heavy atom. The largest absolute Gasteiger partial charge is 0.342 e. The quantitative estimate of drug-likeness (QED) is 0.681. The lowest BCUT2D eigenvalue weighted by molar-refractivity contribution is 0.378. The second kappa shape index (κ2) is 3.76. The zero-order valence-corrected chi connectivity index (χ0v) is 8.17. The molecule has 1 aromatic heterocycles. The number of aromatic nitrogens is 2. The molecule has 5 heteroatoms. The first-order valence-corrected chi connectivity index (χ1v) is 4.27. The van der Waals surface area contributed by atoms with Crippen molar-refractivity contribution in [3.05, 3.63) is 5.89 Å². The predicted molar refractivity (Wildman–Crippen MR) is 47.5 cm³/mol. The zero-order chi connectivity index (χ0) is 9.14. The molecule has 1 atom stereocenters. The van der Waals surface area contributed by atoms with Crippen LogP contribution in [-0.2, 0) is 0 Å². The zero-order valence-electron chi connectivity index (χ0n) is 7.41. The number of hydrogen-bond donors (Lipinski definition) is 0. The van der Waals surface area contributed by atoms with Gasteiger partial charge in [-0.25, -0.2) is 0 Å². The monoisotopic (exact) mass is 189 g/mol. The summed E-state index contributed by atoms with van der Waals surface area (Å²) in [6.07, 6.45) is 0. The molecule has 4 nitrogen and oxygen atoms in total. The Bertz CT molecular complexity index is 249. The minimum Gasteiger partial charge on any atom is -0.342 e. The summed E-state index contributed by atoms with van der Waals surface area (Å²) in [5.41, 5.74) is 0. The van der Waals surface area contributed by atoms with Gasteiger partial charge in [-0.15, -0.1) is 11.6 Å². The van der Waals surface area contributed by atoms with E-state index in [2.05, 4.69) is 10.1 Å². The Morgan fingerprint density at radius 3 is 2.75 bits per heavy atom. The van der Waals surface area contributed by atoms with Crippen LogP contribution in [0.1, 0.15) is 25.1 Å². The lowest BCUT2D eigenvalue weighted by atomic mass is 10.5. The summed E-state index contributed by atoms with van der Waals surface area (Å²) < 4.78 is 4.91. The van der Waals surface area contributed by atoms with Gasteiger partial charge in [-0.3, -0.25) is 0 Å². The lowest BCUT2D eigenvalue weighted by Gasteiger charge is -2.08. The van der Waals surface area contributed by atoms with E-state index in [1.54, 1.807) is 6.92 Å². The average molecular weight is 190 g/mol. The maximum Gasteiger partial charge on any atom is 0.265 e. The van der Waals surface area contributed by atoms with E-state index in [9.17, 15) is 0 Å². The molecule has 0 spiro atoms. The Balaban J connectivity index is 2.77. The molecule has 0 saturated carbocycles. The van der Waals surface area contributed by atoms with Crippen LogP contribution >= 0.6 is 11.6 Å². The van der Waals surface area contributed by atoms with E-state index in [0.717, 1.165) is 6.54 Å². The number of anilines is 1. The number of halogens is 1. The van der Waals surface area contributed by atoms with Crippen LogP contribution in [0.5, 0.6) is 0 Å². The van der Waals surface area contributed by atoms with Gasteiger partial charge in [0.1, 0.15) is 5.38 Å². The van der Waals surface area contributed by atoms with Crippen LogP contribution in [0.4, 0.5) is 5.95 Å². The third kappa shape index (κ3) is 1.88. The molecule has 1 rings (SSSR count). The molecular weight excluding hydrogens is 178 g/mol. The van der Waals surface area contributed by atoms with Crippen molar-refractivity contribution >= 4 is 17.5 Å². The molecule has 0 fully saturated rings. The highest BCUT2D eigenvalue weighted by molar-refractivity contribution is 6.20. The molecule has 1 heterocycles. The predicted octanol–water partition coefficient (Wildman–Crippen LogP) is 1.83. The van der Waals surface area contributed by atoms with E-state index in [1.807, 2.05) is 18.9 Å². The van der Waals surface area contributed by atoms with E-state index in [4.69, 9.17) is 16.1 Å². The Kier molecular flexibility index (Phi) is 2.92. The van der Waals surface area contributed by atoms with Crippen LogP contribution in [-0.4, -0.2) is 23.7 Å². The Hall–Kier alpha value is -0.770. The van der Waals surface area contributed by atoms with Crippen LogP contribution in [0.2, 0.25) is 0 Å². The van der Waals surface area contributed by atoms with Gasteiger partial charge in [-0.2, -0.15) is 4.98 Å². The topological polar surface area (TPSA) is 42.2 Å². The lowest BCUT2D eigenvalue weighted by Crippen LogP contribution is -2.17. The molecule has 0 aromatic carbocycles. The number of rotatable bonds is 3. The first-order chi connectivity index (χ1) is 5.65. The smallest absolute Gasteiger partial charge is 0.265 e. The van der Waals surface area contributed by atoms with E-state index < -0.39 is 0 Å². The number of hydrogen-bond acceptors (Lipinski definition) is 4. The summed E-state index contributed by atoms with van der Waals surface area (Å²) in [6, 6.07) is 0. The van der Waals surface area contributed by atoms with Crippen molar-refractivity contribution in [2.24, 2.45) is 0 Å². The van der Waals surface area contributed by atoms with E-state index in [-0.39, 0.29) is 5.38 Å². The van der Waals surface area contributed by atoms with Gasteiger partial charge >= 0.3 is 0 Å². The molecule has 0 aliphatic carbocycles. The van der Waals surface area contributed by atoms with Gasteiger partial charge in [0.2, 0.25) is 5.89 Å². The van der Waals surface area contributed by atoms with Gasteiger partial charge in [0, 0.05) is 13.6 Å². The molecule has 0 N–H and O–H groups in total. The fourth-order valence-electron chi connectivity index (χ4n) is 0.685. The Morgan fingerprint density at radius 2 is 2.33 bits per heavy atom. The molecule has 0 aliphatic heterocycles. The van der Waals surface area contributed by atoms with E-state index in [1.165, 1.54) is 0 Å². The first-order valence-electron chi connectivity index (χ1n) is 3.84. The standard InChI is InChI=1S/C7H12ClN3O/c1-4-11(3)7-9-6(5(2)8)12-10-7/h5H,4H2,1-3H3. The molecule has 12 heavy (non-hydrogen) atoms. The minimum atomic E-state index is -0.225. The van der Waals surface area contributed by atoms with Crippen molar-refractivity contribution in [1.82, 2.24) is 10.1 Å². The summed E-state index contributed by atoms with van der Waals surface area (Å²) in [5, 5.41) is 3.54. The third-order valence-electron chi connectivity index (χ3n) is 1.59. The Labute approximate surface area is 76.5 Å². The fraction of sp³-hybridized carbons (Fsp3) is 0.714. The van der Waals surface area contributed by atoms with Crippen molar-refractivity contribution in [3.8, 4) is 0 Å². The highest BCUT2D eigenvalue weighted by Crippen LogP contribution is 2.18. The van der Waals surface area contributed by atoms with Gasteiger partial charge in [0.05, 0.1) is 0 Å². The number of alkyl halides is 1. The molecular formula is C7H12ClN3O. The highest BCUT2D eigenvalue weighted by Gasteiger charge is 2.12. The molecule has 1 unspecified atom stereocenters. The maximum atomic E-state index is 5.75. The minimum absolute atomic E-state index is 0.225. The summed E-state index contributed by atoms with van der Waals surface area (Å²) in [6.45, 7) is 4.65. The van der Waals surface area contributed by atoms with Crippen molar-refractivity contribution in [3.63, 3.8) is 0 Å². The second-order valence-corrected chi connectivity index (χ2v) is 3.22. The second-order valence-electron chi connectivity index (χ2n) is 2.56. The summed E-state index contributed by atoms with van der Waals surface area (Å²) in [7, 11) is 1.90. The maximum absolute atomic E-state index is 5.75. The summed E-state index contributed by atoms with van der Waals surface area (Å²) in [4.78, 5) is 5.98. The number of nitrogens with zero attached hydrogens (tertiary/aromatic N) is 3. The van der Waals surface area contributed by atoms with E-state index in [0.29, 0.717) is 11.8 Å². The fourth-order valence-corrected chi connectivity index (χ4v) is 0.774. The molecule has 0 amide bonds. The third-order valence-corrected chi connectivity index (χ3v) is 1.77. The van der Waals surface area contributed by atoms with Gasteiger partial charge in [0.25, 0.3) is 5.95 Å². The van der Waals surface area contributed by atoms with Gasteiger partial charge in [-0.05, 0) is 19.0 Å². The van der Waals surface area contributed by atoms with Crippen LogP contribution < -0.4 is 4.90 Å². The normalized spacial score (nSPS) is 13.0. The molecule has 1 aromatic rings. The highest BCUT2D eigenvalue weighted by atomic mass is 35.5. The van der Waals surface area contributed by atoms with Crippen molar-refractivity contribution in [2.75, 3.05) is 18.5 Å². The van der Waals surface area contributed by atoms with Crippen LogP contribution in [0.15, 0.2) is 4.52 Å².